The van der Waals surface area contributed by atoms with E-state index in [0.29, 0.717) is 12.5 Å². The highest BCUT2D eigenvalue weighted by atomic mass is 16.5. The fourth-order valence-electron chi connectivity index (χ4n) is 1.96. The number of rotatable bonds is 1. The fraction of sp³-hybridized carbons (Fsp3) is 0.700. The molecule has 72 valence electrons. The Balaban J connectivity index is 2.06. The number of carbonyl (C=O) groups is 1. The van der Waals surface area contributed by atoms with Gasteiger partial charge in [0, 0.05) is 30.8 Å². The van der Waals surface area contributed by atoms with E-state index in [0.717, 1.165) is 26.2 Å². The molecule has 1 aliphatic carbocycles. The van der Waals surface area contributed by atoms with E-state index >= 15 is 0 Å². The van der Waals surface area contributed by atoms with Crippen LogP contribution in [0.3, 0.4) is 0 Å². The molecule has 13 heavy (non-hydrogen) atoms. The number of hydrogen-bond donors (Lipinski definition) is 0. The number of allylic oxidation sites excluding steroid dienone is 2. The van der Waals surface area contributed by atoms with Gasteiger partial charge in [0.15, 0.2) is 5.78 Å². The van der Waals surface area contributed by atoms with Crippen LogP contribution in [-0.4, -0.2) is 36.5 Å². The van der Waals surface area contributed by atoms with Crippen LogP contribution in [0.4, 0.5) is 0 Å². The predicted octanol–water partition coefficient (Wildman–Crippen LogP) is 0.954. The Hall–Kier alpha value is -0.830. The molecule has 1 aliphatic heterocycles. The van der Waals surface area contributed by atoms with Crippen LogP contribution in [0.25, 0.3) is 0 Å². The zero-order chi connectivity index (χ0) is 9.26. The van der Waals surface area contributed by atoms with Crippen LogP contribution in [0.2, 0.25) is 0 Å². The van der Waals surface area contributed by atoms with Crippen molar-refractivity contribution < 1.29 is 9.53 Å². The summed E-state index contributed by atoms with van der Waals surface area (Å²) in [5.74, 6) is 0.272. The zero-order valence-electron chi connectivity index (χ0n) is 7.95. The maximum Gasteiger partial charge on any atom is 0.157 e. The van der Waals surface area contributed by atoms with Crippen LogP contribution >= 0.6 is 0 Å². The number of carbonyl (C=O) groups excluding carboxylic acids is 1. The third-order valence-corrected chi connectivity index (χ3v) is 2.69. The molecule has 0 spiro atoms. The first kappa shape index (κ1) is 8.75. The predicted molar refractivity (Wildman–Crippen MR) is 49.3 cm³/mol. The summed E-state index contributed by atoms with van der Waals surface area (Å²) >= 11 is 0. The van der Waals surface area contributed by atoms with Gasteiger partial charge in [-0.05, 0) is 13.3 Å². The Bertz CT molecular complexity index is 247. The van der Waals surface area contributed by atoms with Crippen LogP contribution in [0.15, 0.2) is 11.8 Å². The van der Waals surface area contributed by atoms with E-state index in [-0.39, 0.29) is 5.78 Å². The second kappa shape index (κ2) is 3.50. The molecular weight excluding hydrogens is 166 g/mol. The first-order valence-electron chi connectivity index (χ1n) is 4.85. The van der Waals surface area contributed by atoms with Crippen molar-refractivity contribution >= 4 is 5.78 Å². The van der Waals surface area contributed by atoms with Gasteiger partial charge in [0.25, 0.3) is 0 Å². The van der Waals surface area contributed by atoms with Crippen LogP contribution in [0.1, 0.15) is 19.8 Å². The SMILES string of the molecule is CC1COCCN1C1=CC(=O)CC1. The van der Waals surface area contributed by atoms with E-state index in [2.05, 4.69) is 11.8 Å². The molecule has 1 unspecified atom stereocenters. The number of morpholine rings is 1. The van der Waals surface area contributed by atoms with Gasteiger partial charge in [0.05, 0.1) is 13.2 Å². The van der Waals surface area contributed by atoms with Gasteiger partial charge in [-0.25, -0.2) is 0 Å². The molecule has 0 aromatic rings. The van der Waals surface area contributed by atoms with Crippen molar-refractivity contribution in [2.75, 3.05) is 19.8 Å². The van der Waals surface area contributed by atoms with Crippen molar-refractivity contribution in [2.45, 2.75) is 25.8 Å². The number of hydrogen-bond acceptors (Lipinski definition) is 3. The topological polar surface area (TPSA) is 29.5 Å². The Morgan fingerprint density at radius 3 is 3.00 bits per heavy atom. The number of ketones is 1. The summed E-state index contributed by atoms with van der Waals surface area (Å²) in [5, 5.41) is 0. The summed E-state index contributed by atoms with van der Waals surface area (Å²) in [6.45, 7) is 4.64. The molecule has 3 nitrogen and oxygen atoms in total. The van der Waals surface area contributed by atoms with Gasteiger partial charge < -0.3 is 9.64 Å². The molecule has 2 aliphatic rings. The normalized spacial score (nSPS) is 29.3. The van der Waals surface area contributed by atoms with E-state index in [4.69, 9.17) is 4.74 Å². The highest BCUT2D eigenvalue weighted by molar-refractivity contribution is 5.92. The van der Waals surface area contributed by atoms with Crippen molar-refractivity contribution in [1.82, 2.24) is 4.90 Å². The van der Waals surface area contributed by atoms with Crippen molar-refractivity contribution in [3.8, 4) is 0 Å². The maximum atomic E-state index is 11.1. The quantitative estimate of drug-likeness (QED) is 0.603. The lowest BCUT2D eigenvalue weighted by atomic mass is 10.2. The average Bonchev–Trinajstić information content (AvgIpc) is 2.53. The Morgan fingerprint density at radius 2 is 2.38 bits per heavy atom. The van der Waals surface area contributed by atoms with E-state index < -0.39 is 0 Å². The van der Waals surface area contributed by atoms with Gasteiger partial charge in [0.1, 0.15) is 0 Å². The van der Waals surface area contributed by atoms with Crippen molar-refractivity contribution in [2.24, 2.45) is 0 Å². The van der Waals surface area contributed by atoms with Crippen molar-refractivity contribution in [3.05, 3.63) is 11.8 Å². The lowest BCUT2D eigenvalue weighted by Gasteiger charge is -2.35. The summed E-state index contributed by atoms with van der Waals surface area (Å²) < 4.78 is 5.34. The van der Waals surface area contributed by atoms with E-state index in [1.54, 1.807) is 6.08 Å². The Morgan fingerprint density at radius 1 is 1.54 bits per heavy atom. The highest BCUT2D eigenvalue weighted by Crippen LogP contribution is 2.22. The molecule has 0 saturated carbocycles. The maximum absolute atomic E-state index is 11.1. The largest absolute Gasteiger partial charge is 0.377 e. The fourth-order valence-corrected chi connectivity index (χ4v) is 1.96. The van der Waals surface area contributed by atoms with Gasteiger partial charge in [-0.15, -0.1) is 0 Å². The molecule has 1 atom stereocenters. The molecule has 1 heterocycles. The van der Waals surface area contributed by atoms with Crippen LogP contribution in [0.5, 0.6) is 0 Å². The molecular formula is C10H15NO2. The standard InChI is InChI=1S/C10H15NO2/c1-8-7-13-5-4-11(8)9-2-3-10(12)6-9/h6,8H,2-5,7H2,1H3. The minimum absolute atomic E-state index is 0.272. The molecule has 3 heteroatoms. The molecule has 0 aromatic carbocycles. The summed E-state index contributed by atoms with van der Waals surface area (Å²) in [7, 11) is 0. The lowest BCUT2D eigenvalue weighted by molar-refractivity contribution is -0.114. The Kier molecular flexibility index (Phi) is 2.36. The van der Waals surface area contributed by atoms with Gasteiger partial charge in [0.2, 0.25) is 0 Å². The smallest absolute Gasteiger partial charge is 0.157 e. The molecule has 0 N–H and O–H groups in total. The molecule has 1 fully saturated rings. The molecule has 0 aromatic heterocycles. The second-order valence-corrected chi connectivity index (χ2v) is 3.72. The zero-order valence-corrected chi connectivity index (χ0v) is 7.95. The van der Waals surface area contributed by atoms with Gasteiger partial charge in [-0.3, -0.25) is 4.79 Å². The highest BCUT2D eigenvalue weighted by Gasteiger charge is 2.24. The number of ether oxygens (including phenoxy) is 1. The Labute approximate surface area is 78.4 Å². The van der Waals surface area contributed by atoms with Gasteiger partial charge in [-0.1, -0.05) is 0 Å². The summed E-state index contributed by atoms with van der Waals surface area (Å²) in [6, 6.07) is 0.422. The summed E-state index contributed by atoms with van der Waals surface area (Å²) in [6.07, 6.45) is 3.41. The molecule has 2 rings (SSSR count). The molecule has 0 radical (unpaired) electrons. The van der Waals surface area contributed by atoms with Crippen molar-refractivity contribution in [3.63, 3.8) is 0 Å². The van der Waals surface area contributed by atoms with Gasteiger partial charge >= 0.3 is 0 Å². The summed E-state index contributed by atoms with van der Waals surface area (Å²) in [4.78, 5) is 13.4. The summed E-state index contributed by atoms with van der Waals surface area (Å²) in [5.41, 5.74) is 1.21. The minimum Gasteiger partial charge on any atom is -0.377 e. The van der Waals surface area contributed by atoms with Gasteiger partial charge in [-0.2, -0.15) is 0 Å². The van der Waals surface area contributed by atoms with E-state index in [1.165, 1.54) is 5.70 Å². The number of nitrogens with zero attached hydrogens (tertiary/aromatic N) is 1. The molecule has 0 amide bonds. The van der Waals surface area contributed by atoms with Crippen LogP contribution in [-0.2, 0) is 9.53 Å². The van der Waals surface area contributed by atoms with Crippen LogP contribution in [0, 0.1) is 0 Å². The van der Waals surface area contributed by atoms with Crippen molar-refractivity contribution in [1.29, 1.82) is 0 Å². The van der Waals surface area contributed by atoms with Crippen LogP contribution < -0.4 is 0 Å². The minimum atomic E-state index is 0.272. The molecule has 0 bridgehead atoms. The van der Waals surface area contributed by atoms with E-state index in [1.807, 2.05) is 0 Å². The second-order valence-electron chi connectivity index (χ2n) is 3.72. The first-order valence-corrected chi connectivity index (χ1v) is 4.85. The monoisotopic (exact) mass is 181 g/mol. The average molecular weight is 181 g/mol. The molecule has 1 saturated heterocycles. The first-order chi connectivity index (χ1) is 6.27. The third-order valence-electron chi connectivity index (χ3n) is 2.69. The lowest BCUT2D eigenvalue weighted by Crippen LogP contribution is -2.42. The third kappa shape index (κ3) is 1.75. The van der Waals surface area contributed by atoms with E-state index in [9.17, 15) is 4.79 Å².